The second-order valence-electron chi connectivity index (χ2n) is 4.15. The first kappa shape index (κ1) is 14.1. The predicted molar refractivity (Wildman–Crippen MR) is 76.3 cm³/mol. The maximum absolute atomic E-state index is 11.5. The molecule has 1 aromatic carbocycles. The zero-order valence-corrected chi connectivity index (χ0v) is 11.8. The number of anilines is 1. The number of benzene rings is 1. The van der Waals surface area contributed by atoms with Crippen LogP contribution in [0.25, 0.3) is 0 Å². The molecule has 1 N–H and O–H groups in total. The Morgan fingerprint density at radius 1 is 1.15 bits per heavy atom. The van der Waals surface area contributed by atoms with E-state index in [1.165, 1.54) is 4.90 Å². The molecule has 0 aliphatic heterocycles. The van der Waals surface area contributed by atoms with Crippen molar-refractivity contribution in [3.63, 3.8) is 0 Å². The Labute approximate surface area is 121 Å². The highest BCUT2D eigenvalue weighted by Crippen LogP contribution is 2.21. The number of hydrogen-bond donors (Lipinski definition) is 1. The number of nitrogens with one attached hydrogen (secondary N) is 1. The summed E-state index contributed by atoms with van der Waals surface area (Å²) >= 11 is 5.64. The summed E-state index contributed by atoms with van der Waals surface area (Å²) in [5, 5.41) is 10.5. The lowest BCUT2D eigenvalue weighted by molar-refractivity contribution is 0.230. The van der Waals surface area contributed by atoms with Crippen LogP contribution in [-0.2, 0) is 0 Å². The molecule has 0 saturated carbocycles. The highest BCUT2D eigenvalue weighted by Gasteiger charge is 2.04. The van der Waals surface area contributed by atoms with Gasteiger partial charge >= 0.3 is 6.03 Å². The van der Waals surface area contributed by atoms with Gasteiger partial charge in [-0.05, 0) is 30.3 Å². The van der Waals surface area contributed by atoms with Crippen molar-refractivity contribution >= 4 is 23.3 Å². The van der Waals surface area contributed by atoms with Gasteiger partial charge in [0.2, 0.25) is 5.88 Å². The van der Waals surface area contributed by atoms with Gasteiger partial charge in [0.25, 0.3) is 0 Å². The van der Waals surface area contributed by atoms with Crippen LogP contribution in [0.2, 0.25) is 5.15 Å². The van der Waals surface area contributed by atoms with Gasteiger partial charge in [-0.2, -0.15) is 0 Å². The van der Waals surface area contributed by atoms with Gasteiger partial charge in [0.1, 0.15) is 5.75 Å². The molecule has 2 rings (SSSR count). The quantitative estimate of drug-likeness (QED) is 0.944. The molecule has 0 aliphatic rings. The van der Waals surface area contributed by atoms with Crippen LogP contribution in [0.3, 0.4) is 0 Å². The van der Waals surface area contributed by atoms with Crippen molar-refractivity contribution in [2.24, 2.45) is 0 Å². The molecule has 7 heteroatoms. The third-order valence-electron chi connectivity index (χ3n) is 2.34. The highest BCUT2D eigenvalue weighted by atomic mass is 35.5. The number of rotatable bonds is 3. The lowest BCUT2D eigenvalue weighted by Crippen LogP contribution is -2.27. The predicted octanol–water partition coefficient (Wildman–Crippen LogP) is 3.02. The third-order valence-corrected chi connectivity index (χ3v) is 2.54. The Morgan fingerprint density at radius 3 is 2.40 bits per heavy atom. The summed E-state index contributed by atoms with van der Waals surface area (Å²) in [7, 11) is 3.35. The fourth-order valence-corrected chi connectivity index (χ4v) is 1.42. The number of aromatic nitrogens is 2. The van der Waals surface area contributed by atoms with Crippen LogP contribution in [0.5, 0.6) is 11.6 Å². The fraction of sp³-hybridized carbons (Fsp3) is 0.154. The van der Waals surface area contributed by atoms with E-state index < -0.39 is 0 Å². The van der Waals surface area contributed by atoms with Gasteiger partial charge in [0, 0.05) is 25.8 Å². The van der Waals surface area contributed by atoms with Crippen molar-refractivity contribution < 1.29 is 9.53 Å². The van der Waals surface area contributed by atoms with E-state index in [0.717, 1.165) is 0 Å². The van der Waals surface area contributed by atoms with Gasteiger partial charge in [-0.3, -0.25) is 0 Å². The topological polar surface area (TPSA) is 67.4 Å². The van der Waals surface area contributed by atoms with Gasteiger partial charge in [0.15, 0.2) is 5.15 Å². The molecule has 0 bridgehead atoms. The van der Waals surface area contributed by atoms with E-state index in [-0.39, 0.29) is 6.03 Å². The Hall–Kier alpha value is -2.34. The smallest absolute Gasteiger partial charge is 0.321 e. The second kappa shape index (κ2) is 6.21. The van der Waals surface area contributed by atoms with E-state index in [2.05, 4.69) is 15.5 Å². The number of amides is 2. The van der Waals surface area contributed by atoms with E-state index in [1.807, 2.05) is 0 Å². The van der Waals surface area contributed by atoms with Crippen LogP contribution in [0, 0.1) is 0 Å². The summed E-state index contributed by atoms with van der Waals surface area (Å²) < 4.78 is 5.49. The molecule has 0 aliphatic carbocycles. The van der Waals surface area contributed by atoms with Crippen molar-refractivity contribution in [2.75, 3.05) is 19.4 Å². The lowest BCUT2D eigenvalue weighted by Gasteiger charge is -2.12. The average Bonchev–Trinajstić information content (AvgIpc) is 2.43. The average molecular weight is 293 g/mol. The van der Waals surface area contributed by atoms with Gasteiger partial charge in [-0.25, -0.2) is 4.79 Å². The van der Waals surface area contributed by atoms with E-state index in [4.69, 9.17) is 16.3 Å². The van der Waals surface area contributed by atoms with Crippen molar-refractivity contribution in [2.45, 2.75) is 0 Å². The summed E-state index contributed by atoms with van der Waals surface area (Å²) in [6.07, 6.45) is 0. The number of nitrogens with zero attached hydrogens (tertiary/aromatic N) is 3. The number of urea groups is 1. The SMILES string of the molecule is CN(C)C(=O)Nc1ccc(Oc2ccc(Cl)nn2)cc1. The summed E-state index contributed by atoms with van der Waals surface area (Å²) in [5.41, 5.74) is 0.679. The lowest BCUT2D eigenvalue weighted by atomic mass is 10.3. The standard InChI is InChI=1S/C13H13ClN4O2/c1-18(2)13(19)15-9-3-5-10(6-4-9)20-12-8-7-11(14)16-17-12/h3-8H,1-2H3,(H,15,19). The summed E-state index contributed by atoms with van der Waals surface area (Å²) in [6, 6.07) is 9.94. The Morgan fingerprint density at radius 2 is 1.85 bits per heavy atom. The molecule has 1 heterocycles. The number of hydrogen-bond acceptors (Lipinski definition) is 4. The minimum atomic E-state index is -0.192. The van der Waals surface area contributed by atoms with Crippen molar-refractivity contribution in [3.05, 3.63) is 41.6 Å². The highest BCUT2D eigenvalue weighted by molar-refractivity contribution is 6.29. The molecule has 6 nitrogen and oxygen atoms in total. The molecule has 0 unspecified atom stereocenters. The molecular weight excluding hydrogens is 280 g/mol. The van der Waals surface area contributed by atoms with E-state index >= 15 is 0 Å². The Balaban J connectivity index is 2.01. The zero-order chi connectivity index (χ0) is 14.5. The van der Waals surface area contributed by atoms with Crippen LogP contribution < -0.4 is 10.1 Å². The first-order chi connectivity index (χ1) is 9.54. The molecule has 1 aromatic heterocycles. The maximum atomic E-state index is 11.5. The molecule has 104 valence electrons. The Bertz CT molecular complexity index is 584. The van der Waals surface area contributed by atoms with Crippen LogP contribution in [0.15, 0.2) is 36.4 Å². The number of ether oxygens (including phenoxy) is 1. The summed E-state index contributed by atoms with van der Waals surface area (Å²) in [5.74, 6) is 0.934. The first-order valence-corrected chi connectivity index (χ1v) is 6.18. The van der Waals surface area contributed by atoms with Crippen LogP contribution in [0.1, 0.15) is 0 Å². The molecule has 20 heavy (non-hydrogen) atoms. The summed E-state index contributed by atoms with van der Waals surface area (Å²) in [6.45, 7) is 0. The molecule has 0 saturated heterocycles. The van der Waals surface area contributed by atoms with E-state index in [0.29, 0.717) is 22.5 Å². The van der Waals surface area contributed by atoms with Crippen LogP contribution in [0.4, 0.5) is 10.5 Å². The largest absolute Gasteiger partial charge is 0.438 e. The maximum Gasteiger partial charge on any atom is 0.321 e. The van der Waals surface area contributed by atoms with Gasteiger partial charge < -0.3 is 15.0 Å². The van der Waals surface area contributed by atoms with Gasteiger partial charge in [-0.1, -0.05) is 11.6 Å². The number of carbonyl (C=O) groups excluding carboxylic acids is 1. The van der Waals surface area contributed by atoms with Crippen LogP contribution >= 0.6 is 11.6 Å². The molecule has 0 fully saturated rings. The van der Waals surface area contributed by atoms with Crippen LogP contribution in [-0.4, -0.2) is 35.2 Å². The third kappa shape index (κ3) is 3.83. The second-order valence-corrected chi connectivity index (χ2v) is 4.53. The molecule has 0 radical (unpaired) electrons. The van der Waals surface area contributed by atoms with Crippen molar-refractivity contribution in [1.82, 2.24) is 15.1 Å². The molecule has 2 aromatic rings. The minimum absolute atomic E-state index is 0.192. The number of halogens is 1. The molecular formula is C13H13ClN4O2. The normalized spacial score (nSPS) is 9.95. The van der Waals surface area contributed by atoms with Gasteiger partial charge in [0.05, 0.1) is 0 Å². The van der Waals surface area contributed by atoms with E-state index in [1.54, 1.807) is 50.5 Å². The van der Waals surface area contributed by atoms with E-state index in [9.17, 15) is 4.79 Å². The monoisotopic (exact) mass is 292 g/mol. The number of carbonyl (C=O) groups is 1. The fourth-order valence-electron chi connectivity index (χ4n) is 1.32. The zero-order valence-electron chi connectivity index (χ0n) is 11.0. The van der Waals surface area contributed by atoms with Crippen molar-refractivity contribution in [3.8, 4) is 11.6 Å². The molecule has 0 atom stereocenters. The van der Waals surface area contributed by atoms with Crippen molar-refractivity contribution in [1.29, 1.82) is 0 Å². The van der Waals surface area contributed by atoms with Gasteiger partial charge in [-0.15, -0.1) is 10.2 Å². The molecule has 0 spiro atoms. The first-order valence-electron chi connectivity index (χ1n) is 5.80. The summed E-state index contributed by atoms with van der Waals surface area (Å²) in [4.78, 5) is 12.9. The minimum Gasteiger partial charge on any atom is -0.438 e. The Kier molecular flexibility index (Phi) is 4.37. The molecule has 2 amide bonds.